The molecular weight excluding hydrogens is 642 g/mol. The molecule has 1 aliphatic heterocycles. The van der Waals surface area contributed by atoms with E-state index in [1.807, 2.05) is 67.6 Å². The number of carbonyl (C=O) groups excluding carboxylic acids is 1. The Morgan fingerprint density at radius 2 is 1.95 bits per heavy atom. The van der Waals surface area contributed by atoms with Crippen LogP contribution in [0.5, 0.6) is 11.5 Å². The monoisotopic (exact) mass is 671 g/mol. The van der Waals surface area contributed by atoms with Crippen molar-refractivity contribution in [2.75, 3.05) is 13.7 Å². The van der Waals surface area contributed by atoms with E-state index < -0.39 is 12.0 Å². The number of allylic oxidation sites excluding steroid dienone is 1. The van der Waals surface area contributed by atoms with Crippen LogP contribution < -0.4 is 24.4 Å². The van der Waals surface area contributed by atoms with Gasteiger partial charge in [0.25, 0.3) is 5.56 Å². The third-order valence-corrected chi connectivity index (χ3v) is 8.68. The first-order valence-corrected chi connectivity index (χ1v) is 15.8. The van der Waals surface area contributed by atoms with E-state index in [0.717, 1.165) is 23.1 Å². The van der Waals surface area contributed by atoms with Crippen molar-refractivity contribution in [1.29, 1.82) is 5.26 Å². The van der Waals surface area contributed by atoms with Crippen LogP contribution in [0, 0.1) is 11.3 Å². The van der Waals surface area contributed by atoms with Gasteiger partial charge in [0.1, 0.15) is 18.1 Å². The molecule has 0 unspecified atom stereocenters. The second kappa shape index (κ2) is 13.9. The first-order valence-electron chi connectivity index (χ1n) is 14.1. The predicted octanol–water partition coefficient (Wildman–Crippen LogP) is 5.80. The van der Waals surface area contributed by atoms with E-state index in [9.17, 15) is 14.9 Å². The van der Waals surface area contributed by atoms with E-state index >= 15 is 0 Å². The molecule has 0 saturated carbocycles. The molecular formula is C34H30BrN3O5S. The summed E-state index contributed by atoms with van der Waals surface area (Å²) in [6.07, 6.45) is 3.14. The van der Waals surface area contributed by atoms with E-state index in [0.29, 0.717) is 48.6 Å². The average Bonchev–Trinajstić information content (AvgIpc) is 3.34. The van der Waals surface area contributed by atoms with Crippen LogP contribution in [0.1, 0.15) is 55.0 Å². The molecule has 5 rings (SSSR count). The number of aromatic nitrogens is 1. The van der Waals surface area contributed by atoms with Crippen LogP contribution in [0.4, 0.5) is 0 Å². The molecule has 0 amide bonds. The Kier molecular flexibility index (Phi) is 9.78. The number of hydrogen-bond donors (Lipinski definition) is 0. The molecule has 4 aromatic rings. The molecule has 1 aliphatic rings. The van der Waals surface area contributed by atoms with Crippen LogP contribution in [-0.2, 0) is 16.1 Å². The van der Waals surface area contributed by atoms with Gasteiger partial charge < -0.3 is 14.2 Å². The lowest BCUT2D eigenvalue weighted by Crippen LogP contribution is -2.40. The summed E-state index contributed by atoms with van der Waals surface area (Å²) in [5, 5.41) is 9.36. The highest BCUT2D eigenvalue weighted by Crippen LogP contribution is 2.34. The number of ether oxygens (including phenoxy) is 3. The van der Waals surface area contributed by atoms with Crippen molar-refractivity contribution in [2.24, 2.45) is 4.99 Å². The van der Waals surface area contributed by atoms with Gasteiger partial charge in [-0.3, -0.25) is 9.36 Å². The standard InChI is InChI=1S/C34H30BrN3O5S/c1-4-9-27-30(33(40)42-5-2)31(22-12-8-13-25(18-22)41-3)38-32(39)29(44-34(38)37-27)17-21-14-15-28(26(35)16-21)43-20-24-11-7-6-10-23(24)19-36/h6-8,10-18,31H,4-5,9,20H2,1-3H3/b29-17+/t31-/m0/s1. The van der Waals surface area contributed by atoms with Crippen molar-refractivity contribution in [3.8, 4) is 17.6 Å². The summed E-state index contributed by atoms with van der Waals surface area (Å²) < 4.78 is 19.7. The Morgan fingerprint density at radius 1 is 1.14 bits per heavy atom. The number of nitriles is 1. The van der Waals surface area contributed by atoms with Gasteiger partial charge in [-0.1, -0.05) is 61.1 Å². The smallest absolute Gasteiger partial charge is 0.338 e. The summed E-state index contributed by atoms with van der Waals surface area (Å²) >= 11 is 4.86. The van der Waals surface area contributed by atoms with Crippen LogP contribution in [0.15, 0.2) is 92.3 Å². The molecule has 44 heavy (non-hydrogen) atoms. The Balaban J connectivity index is 1.57. The number of benzene rings is 3. The van der Waals surface area contributed by atoms with Crippen molar-refractivity contribution >= 4 is 39.3 Å². The molecule has 8 nitrogen and oxygen atoms in total. The summed E-state index contributed by atoms with van der Waals surface area (Å²) in [7, 11) is 1.58. The highest BCUT2D eigenvalue weighted by molar-refractivity contribution is 9.10. The quantitative estimate of drug-likeness (QED) is 0.198. The summed E-state index contributed by atoms with van der Waals surface area (Å²) in [5.41, 5.74) is 3.59. The molecule has 1 aromatic heterocycles. The maximum absolute atomic E-state index is 14.0. The van der Waals surface area contributed by atoms with Gasteiger partial charge in [-0.05, 0) is 76.8 Å². The average molecular weight is 673 g/mol. The summed E-state index contributed by atoms with van der Waals surface area (Å²) in [6.45, 7) is 4.23. The fourth-order valence-electron chi connectivity index (χ4n) is 5.03. The molecule has 0 bridgehead atoms. The van der Waals surface area contributed by atoms with Gasteiger partial charge in [0.05, 0.1) is 51.7 Å². The van der Waals surface area contributed by atoms with Crippen LogP contribution in [0.25, 0.3) is 6.08 Å². The lowest BCUT2D eigenvalue weighted by Gasteiger charge is -2.26. The van der Waals surface area contributed by atoms with Gasteiger partial charge in [-0.25, -0.2) is 9.79 Å². The molecule has 3 aromatic carbocycles. The Bertz CT molecular complexity index is 1970. The maximum Gasteiger partial charge on any atom is 0.338 e. The number of hydrogen-bond acceptors (Lipinski definition) is 8. The van der Waals surface area contributed by atoms with Crippen LogP contribution >= 0.6 is 27.3 Å². The number of thiazole rings is 1. The molecule has 10 heteroatoms. The third kappa shape index (κ3) is 6.39. The lowest BCUT2D eigenvalue weighted by atomic mass is 9.94. The number of methoxy groups -OCH3 is 1. The van der Waals surface area contributed by atoms with Gasteiger partial charge in [0.15, 0.2) is 4.80 Å². The van der Waals surface area contributed by atoms with Crippen molar-refractivity contribution in [1.82, 2.24) is 4.57 Å². The maximum atomic E-state index is 14.0. The molecule has 0 aliphatic carbocycles. The Labute approximate surface area is 267 Å². The summed E-state index contributed by atoms with van der Waals surface area (Å²) in [5.74, 6) is 0.738. The fraction of sp³-hybridized carbons (Fsp3) is 0.235. The van der Waals surface area contributed by atoms with Crippen molar-refractivity contribution in [3.63, 3.8) is 0 Å². The highest BCUT2D eigenvalue weighted by atomic mass is 79.9. The Hall–Kier alpha value is -4.46. The number of halogens is 1. The topological polar surface area (TPSA) is 103 Å². The minimum atomic E-state index is -0.720. The minimum absolute atomic E-state index is 0.205. The van der Waals surface area contributed by atoms with E-state index in [1.54, 1.807) is 30.7 Å². The summed E-state index contributed by atoms with van der Waals surface area (Å²) in [6, 6.07) is 21.7. The van der Waals surface area contributed by atoms with Gasteiger partial charge in [0, 0.05) is 5.56 Å². The molecule has 0 fully saturated rings. The lowest BCUT2D eigenvalue weighted by molar-refractivity contribution is -0.139. The van der Waals surface area contributed by atoms with Gasteiger partial charge in [-0.15, -0.1) is 0 Å². The first kappa shape index (κ1) is 31.0. The second-order valence-corrected chi connectivity index (χ2v) is 11.8. The normalized spacial score (nSPS) is 14.4. The zero-order chi connectivity index (χ0) is 31.2. The van der Waals surface area contributed by atoms with E-state index in [-0.39, 0.29) is 18.8 Å². The van der Waals surface area contributed by atoms with E-state index in [2.05, 4.69) is 22.0 Å². The molecule has 224 valence electrons. The van der Waals surface area contributed by atoms with Crippen LogP contribution in [0.2, 0.25) is 0 Å². The zero-order valence-electron chi connectivity index (χ0n) is 24.5. The molecule has 0 spiro atoms. The third-order valence-electron chi connectivity index (χ3n) is 7.08. The van der Waals surface area contributed by atoms with Gasteiger partial charge >= 0.3 is 5.97 Å². The number of esters is 1. The molecule has 2 heterocycles. The van der Waals surface area contributed by atoms with Crippen molar-refractivity contribution < 1.29 is 19.0 Å². The number of rotatable bonds is 10. The minimum Gasteiger partial charge on any atom is -0.497 e. The van der Waals surface area contributed by atoms with Crippen molar-refractivity contribution in [3.05, 3.63) is 124 Å². The number of fused-ring (bicyclic) bond motifs is 1. The van der Waals surface area contributed by atoms with E-state index in [4.69, 9.17) is 19.2 Å². The second-order valence-electron chi connectivity index (χ2n) is 9.94. The Morgan fingerprint density at radius 3 is 2.68 bits per heavy atom. The molecule has 0 radical (unpaired) electrons. The fourth-order valence-corrected chi connectivity index (χ4v) is 6.56. The molecule has 0 saturated heterocycles. The first-order chi connectivity index (χ1) is 21.4. The van der Waals surface area contributed by atoms with Crippen LogP contribution in [0.3, 0.4) is 0 Å². The van der Waals surface area contributed by atoms with Crippen LogP contribution in [-0.4, -0.2) is 24.3 Å². The van der Waals surface area contributed by atoms with Gasteiger partial charge in [0.2, 0.25) is 0 Å². The van der Waals surface area contributed by atoms with Gasteiger partial charge in [-0.2, -0.15) is 5.26 Å². The summed E-state index contributed by atoms with van der Waals surface area (Å²) in [4.78, 5) is 32.7. The number of nitrogens with zero attached hydrogens (tertiary/aromatic N) is 3. The zero-order valence-corrected chi connectivity index (χ0v) is 26.9. The van der Waals surface area contributed by atoms with E-state index in [1.165, 1.54) is 11.3 Å². The SMILES string of the molecule is CCCC1=C(C(=O)OCC)[C@H](c2cccc(OC)c2)n2c(s/c(=C/c3ccc(OCc4ccccc4C#N)c(Br)c3)c2=O)=N1. The predicted molar refractivity (Wildman–Crippen MR) is 172 cm³/mol. The largest absolute Gasteiger partial charge is 0.497 e. The highest BCUT2D eigenvalue weighted by Gasteiger charge is 2.34. The molecule has 1 atom stereocenters. The molecule has 0 N–H and O–H groups in total. The number of carbonyl (C=O) groups is 1. The van der Waals surface area contributed by atoms with Crippen molar-refractivity contribution in [2.45, 2.75) is 39.3 Å².